The van der Waals surface area contributed by atoms with Crippen LogP contribution in [0.15, 0.2) is 0 Å². The van der Waals surface area contributed by atoms with E-state index in [0.29, 0.717) is 32.4 Å². The molecule has 1 aliphatic heterocycles. The van der Waals surface area contributed by atoms with Gasteiger partial charge in [0.15, 0.2) is 0 Å². The fraction of sp³-hybridized carbons (Fsp3) is 0.818. The summed E-state index contributed by atoms with van der Waals surface area (Å²) in [4.78, 5) is 12.8. The number of nitriles is 1. The predicted molar refractivity (Wildman–Crippen MR) is 55.8 cm³/mol. The molecule has 0 aliphatic carbocycles. The van der Waals surface area contributed by atoms with E-state index in [1.807, 2.05) is 6.92 Å². The quantitative estimate of drug-likeness (QED) is 0.736. The second-order valence-corrected chi connectivity index (χ2v) is 4.20. The molecule has 0 aromatic heterocycles. The molecule has 0 radical (unpaired) electrons. The minimum absolute atomic E-state index is 0.0436. The molecule has 1 saturated heterocycles. The second-order valence-electron chi connectivity index (χ2n) is 4.20. The highest BCUT2D eigenvalue weighted by Gasteiger charge is 2.39. The molecule has 1 aliphatic rings. The standard InChI is InChI=1S/C11H18N2O2/c1-3-10(8-12)11(15)4-6-13(7-5-11)9(2)14/h10,15H,3-7H2,1-2H3. The molecular weight excluding hydrogens is 192 g/mol. The number of hydrogen-bond acceptors (Lipinski definition) is 3. The number of nitrogens with zero attached hydrogens (tertiary/aromatic N) is 2. The highest BCUT2D eigenvalue weighted by molar-refractivity contribution is 5.73. The fourth-order valence-electron chi connectivity index (χ4n) is 2.15. The van der Waals surface area contributed by atoms with E-state index in [1.165, 1.54) is 6.92 Å². The lowest BCUT2D eigenvalue weighted by atomic mass is 9.79. The van der Waals surface area contributed by atoms with Crippen molar-refractivity contribution in [2.45, 2.75) is 38.7 Å². The number of carbonyl (C=O) groups excluding carboxylic acids is 1. The van der Waals surface area contributed by atoms with Crippen molar-refractivity contribution in [3.05, 3.63) is 0 Å². The lowest BCUT2D eigenvalue weighted by molar-refractivity contribution is -0.134. The smallest absolute Gasteiger partial charge is 0.219 e. The van der Waals surface area contributed by atoms with Gasteiger partial charge in [0, 0.05) is 20.0 Å². The molecule has 1 N–H and O–H groups in total. The van der Waals surface area contributed by atoms with E-state index in [1.54, 1.807) is 4.90 Å². The van der Waals surface area contributed by atoms with Crippen molar-refractivity contribution in [2.24, 2.45) is 5.92 Å². The van der Waals surface area contributed by atoms with Crippen molar-refractivity contribution in [1.29, 1.82) is 5.26 Å². The van der Waals surface area contributed by atoms with Gasteiger partial charge in [0.25, 0.3) is 0 Å². The van der Waals surface area contributed by atoms with E-state index in [0.717, 1.165) is 0 Å². The van der Waals surface area contributed by atoms with E-state index < -0.39 is 5.60 Å². The molecule has 1 fully saturated rings. The number of aliphatic hydroxyl groups is 1. The SMILES string of the molecule is CCC(C#N)C1(O)CCN(C(C)=O)CC1. The van der Waals surface area contributed by atoms with Crippen LogP contribution >= 0.6 is 0 Å². The van der Waals surface area contributed by atoms with Crippen LogP contribution in [0, 0.1) is 17.2 Å². The van der Waals surface area contributed by atoms with Gasteiger partial charge in [-0.1, -0.05) is 6.92 Å². The van der Waals surface area contributed by atoms with Crippen LogP contribution in [-0.4, -0.2) is 34.6 Å². The fourth-order valence-corrected chi connectivity index (χ4v) is 2.15. The third kappa shape index (κ3) is 2.48. The first kappa shape index (κ1) is 12.0. The zero-order valence-electron chi connectivity index (χ0n) is 9.36. The number of hydrogen-bond donors (Lipinski definition) is 1. The average molecular weight is 210 g/mol. The van der Waals surface area contributed by atoms with Crippen molar-refractivity contribution in [2.75, 3.05) is 13.1 Å². The molecule has 0 aromatic rings. The molecule has 1 heterocycles. The van der Waals surface area contributed by atoms with E-state index in [9.17, 15) is 9.90 Å². The van der Waals surface area contributed by atoms with Gasteiger partial charge in [-0.3, -0.25) is 4.79 Å². The summed E-state index contributed by atoms with van der Waals surface area (Å²) in [7, 11) is 0. The zero-order valence-corrected chi connectivity index (χ0v) is 9.36. The van der Waals surface area contributed by atoms with Crippen LogP contribution in [0.4, 0.5) is 0 Å². The Morgan fingerprint density at radius 2 is 2.13 bits per heavy atom. The molecule has 0 bridgehead atoms. The summed E-state index contributed by atoms with van der Waals surface area (Å²) in [6.45, 7) is 4.56. The Morgan fingerprint density at radius 1 is 1.60 bits per heavy atom. The number of piperidine rings is 1. The normalized spacial score (nSPS) is 21.9. The van der Waals surface area contributed by atoms with Crippen LogP contribution in [0.1, 0.15) is 33.1 Å². The molecule has 4 nitrogen and oxygen atoms in total. The molecule has 1 rings (SSSR count). The Balaban J connectivity index is 2.62. The minimum atomic E-state index is -0.893. The minimum Gasteiger partial charge on any atom is -0.388 e. The Bertz CT molecular complexity index is 275. The average Bonchev–Trinajstić information content (AvgIpc) is 2.19. The van der Waals surface area contributed by atoms with Crippen LogP contribution < -0.4 is 0 Å². The lowest BCUT2D eigenvalue weighted by Crippen LogP contribution is -2.49. The van der Waals surface area contributed by atoms with Crippen molar-refractivity contribution in [1.82, 2.24) is 4.90 Å². The number of amides is 1. The number of likely N-dealkylation sites (tertiary alicyclic amines) is 1. The first-order valence-corrected chi connectivity index (χ1v) is 5.41. The first-order valence-electron chi connectivity index (χ1n) is 5.41. The highest BCUT2D eigenvalue weighted by Crippen LogP contribution is 2.31. The maximum atomic E-state index is 11.1. The van der Waals surface area contributed by atoms with Crippen LogP contribution in [0.5, 0.6) is 0 Å². The molecule has 1 atom stereocenters. The van der Waals surface area contributed by atoms with Crippen LogP contribution in [0.2, 0.25) is 0 Å². The van der Waals surface area contributed by atoms with Crippen molar-refractivity contribution < 1.29 is 9.90 Å². The van der Waals surface area contributed by atoms with Gasteiger partial charge in [-0.05, 0) is 19.3 Å². The molecule has 15 heavy (non-hydrogen) atoms. The summed E-state index contributed by atoms with van der Waals surface area (Å²) >= 11 is 0. The van der Waals surface area contributed by atoms with Gasteiger partial charge >= 0.3 is 0 Å². The molecule has 1 unspecified atom stereocenters. The molecule has 84 valence electrons. The Kier molecular flexibility index (Phi) is 3.70. The van der Waals surface area contributed by atoms with Gasteiger partial charge in [0.1, 0.15) is 0 Å². The maximum absolute atomic E-state index is 11.1. The lowest BCUT2D eigenvalue weighted by Gasteiger charge is -2.40. The number of carbonyl (C=O) groups is 1. The summed E-state index contributed by atoms with van der Waals surface area (Å²) < 4.78 is 0. The van der Waals surface area contributed by atoms with E-state index >= 15 is 0 Å². The third-order valence-corrected chi connectivity index (χ3v) is 3.29. The summed E-state index contributed by atoms with van der Waals surface area (Å²) in [6, 6.07) is 2.15. The van der Waals surface area contributed by atoms with Gasteiger partial charge < -0.3 is 10.0 Å². The maximum Gasteiger partial charge on any atom is 0.219 e. The monoisotopic (exact) mass is 210 g/mol. The summed E-state index contributed by atoms with van der Waals surface area (Å²) in [5, 5.41) is 19.2. The molecular formula is C11H18N2O2. The second kappa shape index (κ2) is 4.63. The Morgan fingerprint density at radius 3 is 2.47 bits per heavy atom. The summed E-state index contributed by atoms with van der Waals surface area (Å²) in [5.41, 5.74) is -0.893. The van der Waals surface area contributed by atoms with E-state index in [2.05, 4.69) is 6.07 Å². The largest absolute Gasteiger partial charge is 0.388 e. The Labute approximate surface area is 90.5 Å². The van der Waals surface area contributed by atoms with Gasteiger partial charge in [0.2, 0.25) is 5.91 Å². The van der Waals surface area contributed by atoms with Gasteiger partial charge in [-0.2, -0.15) is 5.26 Å². The third-order valence-electron chi connectivity index (χ3n) is 3.29. The predicted octanol–water partition coefficient (Wildman–Crippen LogP) is 0.910. The van der Waals surface area contributed by atoms with E-state index in [-0.39, 0.29) is 11.8 Å². The van der Waals surface area contributed by atoms with Crippen molar-refractivity contribution >= 4 is 5.91 Å². The van der Waals surface area contributed by atoms with E-state index in [4.69, 9.17) is 5.26 Å². The summed E-state index contributed by atoms with van der Waals surface area (Å²) in [6.07, 6.45) is 1.68. The topological polar surface area (TPSA) is 64.3 Å². The Hall–Kier alpha value is -1.08. The number of rotatable bonds is 2. The molecule has 1 amide bonds. The molecule has 4 heteroatoms. The zero-order chi connectivity index (χ0) is 11.5. The van der Waals surface area contributed by atoms with Gasteiger partial charge in [0.05, 0.1) is 17.6 Å². The highest BCUT2D eigenvalue weighted by atomic mass is 16.3. The first-order chi connectivity index (χ1) is 7.03. The van der Waals surface area contributed by atoms with Crippen LogP contribution in [0.25, 0.3) is 0 Å². The van der Waals surface area contributed by atoms with Crippen LogP contribution in [-0.2, 0) is 4.79 Å². The molecule has 0 saturated carbocycles. The molecule has 0 spiro atoms. The van der Waals surface area contributed by atoms with Gasteiger partial charge in [-0.25, -0.2) is 0 Å². The van der Waals surface area contributed by atoms with Gasteiger partial charge in [-0.15, -0.1) is 0 Å². The summed E-state index contributed by atoms with van der Waals surface area (Å²) in [5.74, 6) is -0.270. The molecule has 0 aromatic carbocycles. The van der Waals surface area contributed by atoms with Crippen molar-refractivity contribution in [3.8, 4) is 6.07 Å². The van der Waals surface area contributed by atoms with Crippen LogP contribution in [0.3, 0.4) is 0 Å². The van der Waals surface area contributed by atoms with Crippen molar-refractivity contribution in [3.63, 3.8) is 0 Å².